The van der Waals surface area contributed by atoms with Crippen molar-refractivity contribution in [2.75, 3.05) is 27.5 Å². The molecule has 5 aromatic carbocycles. The molecule has 2 heterocycles. The van der Waals surface area contributed by atoms with Crippen molar-refractivity contribution in [2.24, 2.45) is 29.6 Å². The monoisotopic (exact) mass is 856 g/mol. The quantitative estimate of drug-likeness (QED) is 0.0806. The summed E-state index contributed by atoms with van der Waals surface area (Å²) in [5, 5.41) is 17.5. The first kappa shape index (κ1) is 35.7. The van der Waals surface area contributed by atoms with E-state index in [0.29, 0.717) is 26.9 Å². The Morgan fingerprint density at radius 3 is 1.66 bits per heavy atom. The van der Waals surface area contributed by atoms with Crippen molar-refractivity contribution in [3.8, 4) is 11.5 Å². The molecule has 4 aliphatic rings. The van der Waals surface area contributed by atoms with Crippen molar-refractivity contribution < 1.29 is 29.0 Å². The van der Waals surface area contributed by atoms with Crippen LogP contribution in [0.3, 0.4) is 0 Å². The van der Waals surface area contributed by atoms with E-state index in [2.05, 4.69) is 10.6 Å². The maximum atomic E-state index is 14.7. The number of carbonyl (C=O) groups excluding carboxylic acids is 4. The zero-order valence-corrected chi connectivity index (χ0v) is 32.4. The molecule has 1 saturated carbocycles. The number of amides is 4. The predicted octanol–water partition coefficient (Wildman–Crippen LogP) is 8.54. The number of carbonyl (C=O) groups is 4. The number of nitrogens with zero attached hydrogens (tertiary/aromatic N) is 2. The van der Waals surface area contributed by atoms with Gasteiger partial charge in [0.25, 0.3) is 0 Å². The molecule has 56 heavy (non-hydrogen) atoms. The van der Waals surface area contributed by atoms with Crippen LogP contribution in [0.1, 0.15) is 24.3 Å². The van der Waals surface area contributed by atoms with Crippen molar-refractivity contribution >= 4 is 80.3 Å². The number of hydrogen-bond donors (Lipinski definition) is 3. The number of phenols is 1. The molecule has 10 nitrogen and oxygen atoms in total. The number of methoxy groups -OCH3 is 1. The number of halogens is 1. The second-order valence-electron chi connectivity index (χ2n) is 14.7. The van der Waals surface area contributed by atoms with E-state index in [4.69, 9.17) is 4.74 Å². The van der Waals surface area contributed by atoms with Crippen molar-refractivity contribution in [1.82, 2.24) is 0 Å². The van der Waals surface area contributed by atoms with Crippen molar-refractivity contribution in [2.45, 2.75) is 18.8 Å². The highest BCUT2D eigenvalue weighted by Gasteiger charge is 2.62. The van der Waals surface area contributed by atoms with Gasteiger partial charge < -0.3 is 20.5 Å². The van der Waals surface area contributed by atoms with Gasteiger partial charge in [0.15, 0.2) is 11.5 Å². The number of anilines is 6. The number of hydrogen-bond acceptors (Lipinski definition) is 8. The first-order chi connectivity index (χ1) is 27.2. The lowest BCUT2D eigenvalue weighted by atomic mass is 9.57. The van der Waals surface area contributed by atoms with Crippen LogP contribution in [0.15, 0.2) is 133 Å². The molecule has 0 bridgehead atoms. The first-order valence-electron chi connectivity index (χ1n) is 18.6. The van der Waals surface area contributed by atoms with Crippen molar-refractivity contribution in [1.29, 1.82) is 0 Å². The minimum Gasteiger partial charge on any atom is -0.504 e. The Kier molecular flexibility index (Phi) is 9.11. The van der Waals surface area contributed by atoms with E-state index >= 15 is 0 Å². The summed E-state index contributed by atoms with van der Waals surface area (Å²) >= 11 is 2.04. The Labute approximate surface area is 337 Å². The standard InChI is InChI=1S/C45H37IN4O6/c1-56-37-23-25(22-36(46)41(37)51)38-32-20-21-33-39(44(54)49(42(33)52)30-16-12-28(13-17-30)47-26-8-4-2-5-9-26)34(32)24-35-40(38)45(55)50(43(35)53)31-18-14-29(15-19-31)48-27-10-6-3-7-11-27/h2-20,22-23,33-35,38-40,47-48,51H,21,24H2,1H3. The minimum atomic E-state index is -0.762. The molecular formula is C45H37IN4O6. The van der Waals surface area contributed by atoms with Crippen molar-refractivity contribution in [3.05, 3.63) is 142 Å². The summed E-state index contributed by atoms with van der Waals surface area (Å²) in [7, 11) is 1.47. The molecule has 2 saturated heterocycles. The number of benzene rings is 5. The molecule has 280 valence electrons. The van der Waals surface area contributed by atoms with E-state index < -0.39 is 35.5 Å². The van der Waals surface area contributed by atoms with E-state index in [0.717, 1.165) is 28.3 Å². The fraction of sp³-hybridized carbons (Fsp3) is 0.200. The van der Waals surface area contributed by atoms with Gasteiger partial charge in [-0.05, 0) is 132 Å². The van der Waals surface area contributed by atoms with Gasteiger partial charge in [0.1, 0.15) is 0 Å². The van der Waals surface area contributed by atoms with Crippen LogP contribution in [-0.2, 0) is 19.2 Å². The first-order valence-corrected chi connectivity index (χ1v) is 19.7. The molecule has 0 radical (unpaired) electrons. The summed E-state index contributed by atoms with van der Waals surface area (Å²) < 4.78 is 6.08. The molecule has 11 heteroatoms. The maximum Gasteiger partial charge on any atom is 0.238 e. The predicted molar refractivity (Wildman–Crippen MR) is 222 cm³/mol. The Hall–Kier alpha value is -5.95. The average molecular weight is 857 g/mol. The average Bonchev–Trinajstić information content (AvgIpc) is 3.63. The summed E-state index contributed by atoms with van der Waals surface area (Å²) in [6.45, 7) is 0. The Bertz CT molecular complexity index is 2400. The van der Waals surface area contributed by atoms with Crippen LogP contribution in [0, 0.1) is 33.2 Å². The highest BCUT2D eigenvalue weighted by atomic mass is 127. The zero-order chi connectivity index (χ0) is 38.7. The molecule has 3 fully saturated rings. The SMILES string of the molecule is COc1cc(C2C3=CCC4C(=O)N(c5ccc(Nc6ccccc6)cc5)C(=O)C4C3CC3C(=O)N(c4ccc(Nc5ccccc5)cc4)C(=O)C32)cc(I)c1O. The second kappa shape index (κ2) is 14.3. The van der Waals surface area contributed by atoms with Gasteiger partial charge in [-0.3, -0.25) is 29.0 Å². The van der Waals surface area contributed by atoms with E-state index in [-0.39, 0.29) is 41.5 Å². The second-order valence-corrected chi connectivity index (χ2v) is 15.8. The smallest absolute Gasteiger partial charge is 0.238 e. The van der Waals surface area contributed by atoms with Gasteiger partial charge in [-0.25, -0.2) is 0 Å². The van der Waals surface area contributed by atoms with E-state index in [1.54, 1.807) is 30.3 Å². The zero-order valence-electron chi connectivity index (χ0n) is 30.3. The number of rotatable bonds is 8. The highest BCUT2D eigenvalue weighted by Crippen LogP contribution is 2.59. The normalized spacial score (nSPS) is 24.0. The van der Waals surface area contributed by atoms with Crippen LogP contribution in [0.4, 0.5) is 34.1 Å². The summed E-state index contributed by atoms with van der Waals surface area (Å²) in [4.78, 5) is 60.5. The Morgan fingerprint density at radius 2 is 1.12 bits per heavy atom. The fourth-order valence-electron chi connectivity index (χ4n) is 9.17. The lowest BCUT2D eigenvalue weighted by Crippen LogP contribution is -2.43. The molecular weight excluding hydrogens is 819 g/mol. The summed E-state index contributed by atoms with van der Waals surface area (Å²) in [5.74, 6) is -4.85. The number of aromatic hydroxyl groups is 1. The Morgan fingerprint density at radius 1 is 0.625 bits per heavy atom. The largest absolute Gasteiger partial charge is 0.504 e. The van der Waals surface area contributed by atoms with Gasteiger partial charge in [-0.2, -0.15) is 0 Å². The molecule has 5 aromatic rings. The highest BCUT2D eigenvalue weighted by molar-refractivity contribution is 14.1. The molecule has 0 aromatic heterocycles. The number of nitrogens with one attached hydrogen (secondary N) is 2. The van der Waals surface area contributed by atoms with Crippen LogP contribution >= 0.6 is 22.6 Å². The van der Waals surface area contributed by atoms with Crippen LogP contribution in [0.2, 0.25) is 0 Å². The lowest BCUT2D eigenvalue weighted by Gasteiger charge is -2.44. The fourth-order valence-corrected chi connectivity index (χ4v) is 9.79. The third-order valence-corrected chi connectivity index (χ3v) is 12.5. The summed E-state index contributed by atoms with van der Waals surface area (Å²) in [6.07, 6.45) is 2.60. The van der Waals surface area contributed by atoms with E-state index in [1.165, 1.54) is 16.9 Å². The molecule has 6 unspecified atom stereocenters. The molecule has 9 rings (SSSR count). The van der Waals surface area contributed by atoms with Gasteiger partial charge >= 0.3 is 0 Å². The number of para-hydroxylation sites is 2. The lowest BCUT2D eigenvalue weighted by molar-refractivity contribution is -0.126. The van der Waals surface area contributed by atoms with Gasteiger partial charge in [-0.15, -0.1) is 0 Å². The van der Waals surface area contributed by atoms with Gasteiger partial charge in [0.05, 0.1) is 45.7 Å². The van der Waals surface area contributed by atoms with Crippen LogP contribution < -0.4 is 25.2 Å². The molecule has 6 atom stereocenters. The van der Waals surface area contributed by atoms with E-state index in [1.807, 2.05) is 120 Å². The van der Waals surface area contributed by atoms with Gasteiger partial charge in [-0.1, -0.05) is 48.0 Å². The van der Waals surface area contributed by atoms with E-state index in [9.17, 15) is 24.3 Å². The van der Waals surface area contributed by atoms with Gasteiger partial charge in [0.2, 0.25) is 23.6 Å². The topological polar surface area (TPSA) is 128 Å². The van der Waals surface area contributed by atoms with Gasteiger partial charge in [0, 0.05) is 28.7 Å². The molecule has 0 spiro atoms. The summed E-state index contributed by atoms with van der Waals surface area (Å²) in [5.41, 5.74) is 5.96. The Balaban J connectivity index is 1.06. The minimum absolute atomic E-state index is 0.0182. The summed E-state index contributed by atoms with van der Waals surface area (Å²) in [6, 6.07) is 37.4. The third-order valence-electron chi connectivity index (χ3n) is 11.7. The van der Waals surface area contributed by atoms with Crippen molar-refractivity contribution in [3.63, 3.8) is 0 Å². The van der Waals surface area contributed by atoms with Crippen LogP contribution in [0.5, 0.6) is 11.5 Å². The number of phenolic OH excluding ortho intramolecular Hbond substituents is 1. The van der Waals surface area contributed by atoms with Crippen LogP contribution in [-0.4, -0.2) is 35.8 Å². The number of ether oxygens (including phenoxy) is 1. The molecule has 3 N–H and O–H groups in total. The molecule has 4 amide bonds. The number of imide groups is 2. The third kappa shape index (κ3) is 6.01. The molecule has 2 aliphatic carbocycles. The van der Waals surface area contributed by atoms with Crippen LogP contribution in [0.25, 0.3) is 0 Å². The number of fused-ring (bicyclic) bond motifs is 4. The number of allylic oxidation sites excluding steroid dienone is 2. The maximum absolute atomic E-state index is 14.7. The molecule has 2 aliphatic heterocycles.